The summed E-state index contributed by atoms with van der Waals surface area (Å²) >= 11 is 0. The van der Waals surface area contributed by atoms with E-state index in [2.05, 4.69) is 78.8 Å². The molecule has 4 heteroatoms. The van der Waals surface area contributed by atoms with E-state index in [-0.39, 0.29) is 23.7 Å². The maximum absolute atomic E-state index is 6.28. The predicted octanol–water partition coefficient (Wildman–Crippen LogP) is 4.52. The summed E-state index contributed by atoms with van der Waals surface area (Å²) < 4.78 is 12.6. The molecule has 25 heavy (non-hydrogen) atoms. The van der Waals surface area contributed by atoms with Crippen LogP contribution in [0.3, 0.4) is 0 Å². The number of nitrogens with zero attached hydrogens (tertiary/aromatic N) is 1. The molecule has 2 heterocycles. The van der Waals surface area contributed by atoms with Gasteiger partial charge in [-0.25, -0.2) is 0 Å². The summed E-state index contributed by atoms with van der Waals surface area (Å²) in [5.74, 6) is 0. The van der Waals surface area contributed by atoms with Crippen LogP contribution in [-0.2, 0) is 14.7 Å². The lowest BCUT2D eigenvalue weighted by molar-refractivity contribution is 0.00578. The maximum atomic E-state index is 6.28. The summed E-state index contributed by atoms with van der Waals surface area (Å²) in [6.07, 6.45) is 0. The van der Waals surface area contributed by atoms with Gasteiger partial charge in [-0.2, -0.15) is 0 Å². The van der Waals surface area contributed by atoms with Crippen molar-refractivity contribution in [3.8, 4) is 0 Å². The quantitative estimate of drug-likeness (QED) is 0.717. The van der Waals surface area contributed by atoms with Gasteiger partial charge in [0.05, 0.1) is 16.9 Å². The van der Waals surface area contributed by atoms with E-state index in [0.717, 1.165) is 22.2 Å². The van der Waals surface area contributed by atoms with E-state index in [4.69, 9.17) is 14.3 Å². The normalized spacial score (nSPS) is 23.0. The topological polar surface area (TPSA) is 30.8 Å². The van der Waals surface area contributed by atoms with E-state index in [9.17, 15) is 0 Å². The van der Waals surface area contributed by atoms with Crippen molar-refractivity contribution in [2.75, 3.05) is 0 Å². The van der Waals surface area contributed by atoms with Crippen LogP contribution in [0.4, 0.5) is 5.69 Å². The molecule has 2 aromatic carbocycles. The van der Waals surface area contributed by atoms with E-state index in [1.807, 2.05) is 0 Å². The molecule has 0 saturated carbocycles. The molecule has 2 aromatic rings. The molecule has 0 amide bonds. The molecule has 0 spiro atoms. The summed E-state index contributed by atoms with van der Waals surface area (Å²) in [6, 6.07) is 10.8. The van der Waals surface area contributed by atoms with Gasteiger partial charge in [-0.05, 0) is 51.0 Å². The lowest BCUT2D eigenvalue weighted by Gasteiger charge is -2.32. The van der Waals surface area contributed by atoms with Gasteiger partial charge in [0.25, 0.3) is 0 Å². The largest absolute Gasteiger partial charge is 0.495 e. The number of benzene rings is 2. The van der Waals surface area contributed by atoms with Crippen molar-refractivity contribution in [1.82, 2.24) is 0 Å². The fourth-order valence-electron chi connectivity index (χ4n) is 3.67. The van der Waals surface area contributed by atoms with Gasteiger partial charge in [0.15, 0.2) is 0 Å². The highest BCUT2D eigenvalue weighted by Crippen LogP contribution is 2.44. The van der Waals surface area contributed by atoms with Crippen molar-refractivity contribution in [3.63, 3.8) is 0 Å². The summed E-state index contributed by atoms with van der Waals surface area (Å²) in [5.41, 5.74) is 3.94. The molecule has 0 N–H and O–H groups in total. The van der Waals surface area contributed by atoms with Crippen LogP contribution in [-0.4, -0.2) is 24.0 Å². The summed E-state index contributed by atoms with van der Waals surface area (Å²) in [4.78, 5) is 4.89. The third-order valence-corrected chi connectivity index (χ3v) is 6.43. The highest BCUT2D eigenvalue weighted by molar-refractivity contribution is 6.65. The number of aliphatic imine (C=N–C) groups is 1. The third-order valence-electron chi connectivity index (χ3n) is 6.43. The molecule has 2 aliphatic rings. The van der Waals surface area contributed by atoms with Crippen LogP contribution in [0.25, 0.3) is 10.8 Å². The van der Waals surface area contributed by atoms with Crippen LogP contribution in [0.2, 0.25) is 0 Å². The number of fused-ring (bicyclic) bond motifs is 3. The Hall–Kier alpha value is -1.65. The Labute approximate surface area is 150 Å². The molecule has 0 bridgehead atoms. The van der Waals surface area contributed by atoms with Crippen LogP contribution < -0.4 is 5.46 Å². The number of hydrogen-bond donors (Lipinski definition) is 0. The summed E-state index contributed by atoms with van der Waals surface area (Å²) in [5, 5.41) is 2.34. The van der Waals surface area contributed by atoms with E-state index >= 15 is 0 Å². The van der Waals surface area contributed by atoms with Gasteiger partial charge in [0.2, 0.25) is 0 Å². The van der Waals surface area contributed by atoms with Crippen molar-refractivity contribution >= 4 is 34.8 Å². The van der Waals surface area contributed by atoms with Gasteiger partial charge in [0.1, 0.15) is 0 Å². The third kappa shape index (κ3) is 2.24. The first-order valence-corrected chi connectivity index (χ1v) is 9.02. The standard InChI is InChI=1S/C21H26BNO2/c1-13-19(2,3)16-12-11-14-15(18(16)23-13)9-8-10-17(14)22-24-20(4,5)21(6,7)25-22/h8-12H,1-7H3. The second kappa shape index (κ2) is 4.96. The van der Waals surface area contributed by atoms with Gasteiger partial charge in [-0.1, -0.05) is 44.2 Å². The van der Waals surface area contributed by atoms with Crippen LogP contribution in [0.15, 0.2) is 35.3 Å². The van der Waals surface area contributed by atoms with Crippen molar-refractivity contribution in [2.45, 2.75) is 65.1 Å². The zero-order valence-electron chi connectivity index (χ0n) is 16.2. The minimum atomic E-state index is -0.355. The second-order valence-corrected chi connectivity index (χ2v) is 8.81. The average molecular weight is 335 g/mol. The number of hydrogen-bond acceptors (Lipinski definition) is 3. The Balaban J connectivity index is 1.88. The van der Waals surface area contributed by atoms with Gasteiger partial charge in [-0.15, -0.1) is 0 Å². The van der Waals surface area contributed by atoms with E-state index < -0.39 is 0 Å². The molecule has 0 radical (unpaired) electrons. The Morgan fingerprint density at radius 3 is 2.12 bits per heavy atom. The smallest absolute Gasteiger partial charge is 0.399 e. The molecule has 3 nitrogen and oxygen atoms in total. The van der Waals surface area contributed by atoms with Gasteiger partial charge >= 0.3 is 7.12 Å². The Morgan fingerprint density at radius 2 is 1.48 bits per heavy atom. The first-order valence-electron chi connectivity index (χ1n) is 9.02. The molecule has 0 aliphatic carbocycles. The zero-order valence-corrected chi connectivity index (χ0v) is 16.2. The number of rotatable bonds is 1. The van der Waals surface area contributed by atoms with Gasteiger partial charge in [0, 0.05) is 16.5 Å². The molecule has 0 aromatic heterocycles. The molecule has 2 aliphatic heterocycles. The molecule has 0 unspecified atom stereocenters. The minimum absolute atomic E-state index is 0.0101. The fourth-order valence-corrected chi connectivity index (χ4v) is 3.67. The van der Waals surface area contributed by atoms with E-state index in [1.54, 1.807) is 0 Å². The molecular formula is C21H26BNO2. The molecule has 130 valence electrons. The first-order chi connectivity index (χ1) is 11.5. The highest BCUT2D eigenvalue weighted by atomic mass is 16.7. The van der Waals surface area contributed by atoms with Crippen LogP contribution >= 0.6 is 0 Å². The van der Waals surface area contributed by atoms with Crippen LogP contribution in [0.5, 0.6) is 0 Å². The van der Waals surface area contributed by atoms with Crippen molar-refractivity contribution < 1.29 is 9.31 Å². The van der Waals surface area contributed by atoms with Gasteiger partial charge in [-0.3, -0.25) is 4.99 Å². The fraction of sp³-hybridized carbons (Fsp3) is 0.476. The van der Waals surface area contributed by atoms with Crippen molar-refractivity contribution in [1.29, 1.82) is 0 Å². The monoisotopic (exact) mass is 335 g/mol. The minimum Gasteiger partial charge on any atom is -0.399 e. The SMILES string of the molecule is CC1=Nc2c(ccc3c(B4OC(C)(C)C(C)(C)O4)cccc23)C1(C)C. The van der Waals surface area contributed by atoms with Crippen molar-refractivity contribution in [3.05, 3.63) is 35.9 Å². The zero-order chi connectivity index (χ0) is 18.2. The van der Waals surface area contributed by atoms with Crippen LogP contribution in [0.1, 0.15) is 54.0 Å². The molecule has 1 fully saturated rings. The highest BCUT2D eigenvalue weighted by Gasteiger charge is 2.52. The lowest BCUT2D eigenvalue weighted by atomic mass is 9.74. The second-order valence-electron chi connectivity index (χ2n) is 8.81. The summed E-state index contributed by atoms with van der Waals surface area (Å²) in [6.45, 7) is 14.9. The van der Waals surface area contributed by atoms with Crippen molar-refractivity contribution in [2.24, 2.45) is 4.99 Å². The van der Waals surface area contributed by atoms with E-state index in [1.165, 1.54) is 10.9 Å². The molecule has 4 rings (SSSR count). The Kier molecular flexibility index (Phi) is 3.33. The van der Waals surface area contributed by atoms with E-state index in [0.29, 0.717) is 0 Å². The Morgan fingerprint density at radius 1 is 0.840 bits per heavy atom. The Bertz CT molecular complexity index is 895. The summed E-state index contributed by atoms with van der Waals surface area (Å²) in [7, 11) is -0.355. The molecule has 0 atom stereocenters. The first kappa shape index (κ1) is 16.8. The van der Waals surface area contributed by atoms with Crippen LogP contribution in [0, 0.1) is 0 Å². The molecular weight excluding hydrogens is 309 g/mol. The predicted molar refractivity (Wildman–Crippen MR) is 105 cm³/mol. The maximum Gasteiger partial charge on any atom is 0.495 e. The average Bonchev–Trinajstić information content (AvgIpc) is 2.88. The van der Waals surface area contributed by atoms with Gasteiger partial charge < -0.3 is 9.31 Å². The molecule has 1 saturated heterocycles. The lowest BCUT2D eigenvalue weighted by Crippen LogP contribution is -2.41.